The van der Waals surface area contributed by atoms with Crippen molar-refractivity contribution in [1.82, 2.24) is 10.1 Å². The summed E-state index contributed by atoms with van der Waals surface area (Å²) in [5.41, 5.74) is 6.05. The smallest absolute Gasteiger partial charge is 0.246 e. The minimum absolute atomic E-state index is 0.0897. The molecule has 1 saturated carbocycles. The fourth-order valence-corrected chi connectivity index (χ4v) is 2.96. The number of nitrogens with zero attached hydrogens (tertiary/aromatic N) is 2. The van der Waals surface area contributed by atoms with Gasteiger partial charge in [-0.3, -0.25) is 0 Å². The van der Waals surface area contributed by atoms with E-state index in [-0.39, 0.29) is 6.10 Å². The Morgan fingerprint density at radius 2 is 2.05 bits per heavy atom. The third kappa shape index (κ3) is 3.20. The van der Waals surface area contributed by atoms with E-state index in [9.17, 15) is 0 Å². The zero-order valence-corrected chi connectivity index (χ0v) is 12.9. The number of hydrogen-bond acceptors (Lipinski definition) is 5. The van der Waals surface area contributed by atoms with Gasteiger partial charge < -0.3 is 15.0 Å². The molecule has 1 fully saturated rings. The van der Waals surface area contributed by atoms with Gasteiger partial charge >= 0.3 is 0 Å². The highest BCUT2D eigenvalue weighted by Crippen LogP contribution is 2.38. The van der Waals surface area contributed by atoms with Crippen molar-refractivity contribution in [1.29, 1.82) is 0 Å². The molecule has 0 saturated heterocycles. The maximum atomic E-state index is 6.49. The van der Waals surface area contributed by atoms with E-state index < -0.39 is 5.54 Å². The van der Waals surface area contributed by atoms with Crippen LogP contribution in [0.15, 0.2) is 4.52 Å². The van der Waals surface area contributed by atoms with Crippen LogP contribution in [0.3, 0.4) is 0 Å². The van der Waals surface area contributed by atoms with Crippen LogP contribution in [-0.2, 0) is 10.3 Å². The largest absolute Gasteiger partial charge is 0.370 e. The molecule has 1 aromatic rings. The summed E-state index contributed by atoms with van der Waals surface area (Å²) >= 11 is 0. The summed E-state index contributed by atoms with van der Waals surface area (Å²) in [6.07, 6.45) is 6.13. The van der Waals surface area contributed by atoms with Crippen molar-refractivity contribution in [3.8, 4) is 0 Å². The van der Waals surface area contributed by atoms with E-state index in [4.69, 9.17) is 15.0 Å². The van der Waals surface area contributed by atoms with Crippen molar-refractivity contribution in [2.24, 2.45) is 11.7 Å². The monoisotopic (exact) mass is 281 g/mol. The Labute approximate surface area is 121 Å². The van der Waals surface area contributed by atoms with Gasteiger partial charge in [-0.05, 0) is 44.9 Å². The van der Waals surface area contributed by atoms with Gasteiger partial charge in [0.05, 0.1) is 5.54 Å². The molecule has 20 heavy (non-hydrogen) atoms. The third-order valence-corrected chi connectivity index (χ3v) is 4.47. The molecule has 1 aliphatic carbocycles. The molecule has 1 atom stereocenters. The second-order valence-corrected chi connectivity index (χ2v) is 5.82. The van der Waals surface area contributed by atoms with Gasteiger partial charge in [0.1, 0.15) is 6.10 Å². The third-order valence-electron chi connectivity index (χ3n) is 4.47. The van der Waals surface area contributed by atoms with Crippen molar-refractivity contribution >= 4 is 0 Å². The van der Waals surface area contributed by atoms with Crippen LogP contribution in [0.5, 0.6) is 0 Å². The lowest BCUT2D eigenvalue weighted by Crippen LogP contribution is -2.40. The van der Waals surface area contributed by atoms with Gasteiger partial charge in [0.2, 0.25) is 11.7 Å². The van der Waals surface area contributed by atoms with Crippen LogP contribution in [-0.4, -0.2) is 16.7 Å². The van der Waals surface area contributed by atoms with Crippen LogP contribution >= 0.6 is 0 Å². The van der Waals surface area contributed by atoms with Crippen LogP contribution < -0.4 is 5.73 Å². The first-order chi connectivity index (χ1) is 9.62. The van der Waals surface area contributed by atoms with Crippen molar-refractivity contribution in [3.05, 3.63) is 11.7 Å². The number of aromatic nitrogens is 2. The van der Waals surface area contributed by atoms with E-state index in [0.717, 1.165) is 38.0 Å². The zero-order chi connectivity index (χ0) is 14.6. The van der Waals surface area contributed by atoms with Gasteiger partial charge in [-0.25, -0.2) is 0 Å². The zero-order valence-electron chi connectivity index (χ0n) is 12.9. The topological polar surface area (TPSA) is 74.2 Å². The quantitative estimate of drug-likeness (QED) is 0.865. The summed E-state index contributed by atoms with van der Waals surface area (Å²) in [5, 5.41) is 4.07. The lowest BCUT2D eigenvalue weighted by molar-refractivity contribution is 0.0518. The maximum Gasteiger partial charge on any atom is 0.246 e. The van der Waals surface area contributed by atoms with Gasteiger partial charge in [0, 0.05) is 6.61 Å². The average molecular weight is 281 g/mol. The molecule has 0 bridgehead atoms. The normalized spacial score (nSPS) is 28.5. The second kappa shape index (κ2) is 6.68. The second-order valence-electron chi connectivity index (χ2n) is 5.82. The highest BCUT2D eigenvalue weighted by Gasteiger charge is 2.38. The SMILES string of the molecule is CCOC(CC)c1noc(C2(N)CCC(CC)CC2)n1. The minimum Gasteiger partial charge on any atom is -0.370 e. The first kappa shape index (κ1) is 15.4. The highest BCUT2D eigenvalue weighted by atomic mass is 16.5. The Kier molecular flexibility index (Phi) is 5.16. The Balaban J connectivity index is 2.08. The lowest BCUT2D eigenvalue weighted by Gasteiger charge is -2.33. The standard InChI is InChI=1S/C15H27N3O2/c1-4-11-7-9-15(16,10-8-11)14-17-13(18-20-14)12(5-2)19-6-3/h11-12H,4-10,16H2,1-3H3. The molecule has 1 heterocycles. The first-order valence-corrected chi connectivity index (χ1v) is 7.87. The van der Waals surface area contributed by atoms with Crippen molar-refractivity contribution in [2.75, 3.05) is 6.61 Å². The Morgan fingerprint density at radius 1 is 1.35 bits per heavy atom. The van der Waals surface area contributed by atoms with Crippen LogP contribution in [0.4, 0.5) is 0 Å². The summed E-state index contributed by atoms with van der Waals surface area (Å²) in [7, 11) is 0. The molecule has 114 valence electrons. The van der Waals surface area contributed by atoms with Gasteiger partial charge in [0.15, 0.2) is 0 Å². The van der Waals surface area contributed by atoms with E-state index in [0.29, 0.717) is 18.3 Å². The Hall–Kier alpha value is -0.940. The van der Waals surface area contributed by atoms with Gasteiger partial charge in [-0.15, -0.1) is 0 Å². The Morgan fingerprint density at radius 3 is 2.60 bits per heavy atom. The number of rotatable bonds is 6. The predicted molar refractivity (Wildman–Crippen MR) is 77.1 cm³/mol. The highest BCUT2D eigenvalue weighted by molar-refractivity contribution is 5.05. The van der Waals surface area contributed by atoms with E-state index >= 15 is 0 Å². The number of hydrogen-bond donors (Lipinski definition) is 1. The molecule has 5 heteroatoms. The van der Waals surface area contributed by atoms with Crippen molar-refractivity contribution in [3.63, 3.8) is 0 Å². The van der Waals surface area contributed by atoms with E-state index in [2.05, 4.69) is 24.0 Å². The maximum absolute atomic E-state index is 6.49. The minimum atomic E-state index is -0.443. The van der Waals surface area contributed by atoms with Crippen LogP contribution in [0.25, 0.3) is 0 Å². The molecule has 1 unspecified atom stereocenters. The summed E-state index contributed by atoms with van der Waals surface area (Å²) < 4.78 is 11.1. The predicted octanol–water partition coefficient (Wildman–Crippen LogP) is 3.31. The van der Waals surface area contributed by atoms with Crippen LogP contribution in [0, 0.1) is 5.92 Å². The first-order valence-electron chi connectivity index (χ1n) is 7.87. The molecule has 0 amide bonds. The number of ether oxygens (including phenoxy) is 1. The van der Waals surface area contributed by atoms with E-state index in [1.807, 2.05) is 6.92 Å². The average Bonchev–Trinajstić information content (AvgIpc) is 2.96. The molecular formula is C15H27N3O2. The molecular weight excluding hydrogens is 254 g/mol. The van der Waals surface area contributed by atoms with Gasteiger partial charge in [0.25, 0.3) is 0 Å². The molecule has 2 rings (SSSR count). The summed E-state index contributed by atoms with van der Waals surface area (Å²) in [6, 6.07) is 0. The van der Waals surface area contributed by atoms with E-state index in [1.54, 1.807) is 0 Å². The molecule has 1 aliphatic rings. The molecule has 1 aromatic heterocycles. The van der Waals surface area contributed by atoms with Crippen molar-refractivity contribution < 1.29 is 9.26 Å². The molecule has 5 nitrogen and oxygen atoms in total. The lowest BCUT2D eigenvalue weighted by atomic mass is 9.76. The van der Waals surface area contributed by atoms with Crippen LogP contribution in [0.1, 0.15) is 77.1 Å². The van der Waals surface area contributed by atoms with Gasteiger partial charge in [-0.1, -0.05) is 25.4 Å². The van der Waals surface area contributed by atoms with Gasteiger partial charge in [-0.2, -0.15) is 4.98 Å². The molecule has 0 aliphatic heterocycles. The van der Waals surface area contributed by atoms with Crippen molar-refractivity contribution in [2.45, 2.75) is 70.9 Å². The van der Waals surface area contributed by atoms with Crippen LogP contribution in [0.2, 0.25) is 0 Å². The molecule has 2 N–H and O–H groups in total. The summed E-state index contributed by atoms with van der Waals surface area (Å²) in [4.78, 5) is 4.52. The molecule has 0 aromatic carbocycles. The summed E-state index contributed by atoms with van der Waals surface area (Å²) in [5.74, 6) is 2.01. The molecule has 0 spiro atoms. The number of nitrogens with two attached hydrogens (primary N) is 1. The van der Waals surface area contributed by atoms with E-state index in [1.165, 1.54) is 6.42 Å². The molecule has 0 radical (unpaired) electrons. The fraction of sp³-hybridized carbons (Fsp3) is 0.867. The summed E-state index contributed by atoms with van der Waals surface area (Å²) in [6.45, 7) is 6.92. The fourth-order valence-electron chi connectivity index (χ4n) is 2.96. The Bertz CT molecular complexity index is 411.